The molecule has 0 saturated carbocycles. The van der Waals surface area contributed by atoms with Crippen LogP contribution in [0.25, 0.3) is 0 Å². The van der Waals surface area contributed by atoms with Gasteiger partial charge in [-0.25, -0.2) is 0 Å². The fraction of sp³-hybridized carbons (Fsp3) is 0.692. The molecule has 18 heavy (non-hydrogen) atoms. The number of aromatic amines is 1. The molecule has 5 heteroatoms. The van der Waals surface area contributed by atoms with Gasteiger partial charge < -0.3 is 11.1 Å². The van der Waals surface area contributed by atoms with Crippen molar-refractivity contribution in [2.45, 2.75) is 39.7 Å². The van der Waals surface area contributed by atoms with Crippen LogP contribution in [0.2, 0.25) is 0 Å². The van der Waals surface area contributed by atoms with Gasteiger partial charge in [0, 0.05) is 24.7 Å². The van der Waals surface area contributed by atoms with Crippen LogP contribution in [0.3, 0.4) is 0 Å². The second-order valence-electron chi connectivity index (χ2n) is 5.00. The highest BCUT2D eigenvalue weighted by atomic mass is 16.1. The summed E-state index contributed by atoms with van der Waals surface area (Å²) in [6.45, 7) is 5.60. The summed E-state index contributed by atoms with van der Waals surface area (Å²) in [5.41, 5.74) is 6.58. The Morgan fingerprint density at radius 2 is 2.28 bits per heavy atom. The number of rotatable bonds is 8. The second kappa shape index (κ2) is 7.87. The lowest BCUT2D eigenvalue weighted by molar-refractivity contribution is -0.121. The van der Waals surface area contributed by atoms with Gasteiger partial charge in [-0.2, -0.15) is 5.10 Å². The van der Waals surface area contributed by atoms with Crippen molar-refractivity contribution >= 4 is 5.91 Å². The Labute approximate surface area is 109 Å². The van der Waals surface area contributed by atoms with Gasteiger partial charge in [-0.15, -0.1) is 0 Å². The molecule has 1 heterocycles. The number of carbonyl (C=O) groups excluding carboxylic acids is 1. The van der Waals surface area contributed by atoms with E-state index in [1.807, 2.05) is 0 Å². The quantitative estimate of drug-likeness (QED) is 0.654. The number of hydrogen-bond acceptors (Lipinski definition) is 3. The second-order valence-corrected chi connectivity index (χ2v) is 5.00. The molecule has 1 amide bonds. The van der Waals surface area contributed by atoms with Gasteiger partial charge in [0.25, 0.3) is 0 Å². The molecule has 0 fully saturated rings. The third kappa shape index (κ3) is 5.31. The number of nitrogens with zero attached hydrogens (tertiary/aromatic N) is 1. The van der Waals surface area contributed by atoms with Crippen molar-refractivity contribution in [3.05, 3.63) is 18.0 Å². The average Bonchev–Trinajstić information content (AvgIpc) is 2.84. The summed E-state index contributed by atoms with van der Waals surface area (Å²) >= 11 is 0. The molecule has 1 unspecified atom stereocenters. The smallest absolute Gasteiger partial charge is 0.220 e. The zero-order valence-corrected chi connectivity index (χ0v) is 11.3. The number of nitrogens with one attached hydrogen (secondary N) is 2. The molecular formula is C13H24N4O. The van der Waals surface area contributed by atoms with Gasteiger partial charge in [0.15, 0.2) is 0 Å². The standard InChI is InChI=1S/C13H24N4O/c1-10(2)12(5-6-14)3-4-13(18)15-7-11-8-16-17-9-11/h8-10,12H,3-7,14H2,1-2H3,(H,15,18)(H,16,17). The van der Waals surface area contributed by atoms with Crippen LogP contribution < -0.4 is 11.1 Å². The van der Waals surface area contributed by atoms with Crippen LogP contribution >= 0.6 is 0 Å². The van der Waals surface area contributed by atoms with Crippen LogP contribution in [0.4, 0.5) is 0 Å². The monoisotopic (exact) mass is 252 g/mol. The normalized spacial score (nSPS) is 12.7. The summed E-state index contributed by atoms with van der Waals surface area (Å²) in [7, 11) is 0. The first-order valence-corrected chi connectivity index (χ1v) is 6.58. The minimum absolute atomic E-state index is 0.0962. The van der Waals surface area contributed by atoms with Crippen molar-refractivity contribution < 1.29 is 4.79 Å². The molecule has 5 nitrogen and oxygen atoms in total. The van der Waals surface area contributed by atoms with Gasteiger partial charge >= 0.3 is 0 Å². The lowest BCUT2D eigenvalue weighted by Crippen LogP contribution is -2.24. The van der Waals surface area contributed by atoms with E-state index in [2.05, 4.69) is 29.4 Å². The van der Waals surface area contributed by atoms with Gasteiger partial charge in [0.05, 0.1) is 6.20 Å². The van der Waals surface area contributed by atoms with E-state index in [1.165, 1.54) is 0 Å². The summed E-state index contributed by atoms with van der Waals surface area (Å²) < 4.78 is 0. The molecule has 102 valence electrons. The molecule has 0 aromatic carbocycles. The van der Waals surface area contributed by atoms with E-state index in [4.69, 9.17) is 5.73 Å². The molecule has 0 aliphatic rings. The molecule has 0 spiro atoms. The van der Waals surface area contributed by atoms with Crippen molar-refractivity contribution in [2.75, 3.05) is 6.54 Å². The molecule has 0 bridgehead atoms. The molecule has 4 N–H and O–H groups in total. The molecule has 1 rings (SSSR count). The highest BCUT2D eigenvalue weighted by Gasteiger charge is 2.14. The van der Waals surface area contributed by atoms with Crippen molar-refractivity contribution in [1.82, 2.24) is 15.5 Å². The summed E-state index contributed by atoms with van der Waals surface area (Å²) in [4.78, 5) is 11.7. The third-order valence-electron chi connectivity index (χ3n) is 3.27. The molecule has 1 aromatic heterocycles. The zero-order chi connectivity index (χ0) is 13.4. The Balaban J connectivity index is 2.23. The van der Waals surface area contributed by atoms with Crippen LogP contribution in [-0.2, 0) is 11.3 Å². The van der Waals surface area contributed by atoms with Crippen LogP contribution in [0.15, 0.2) is 12.4 Å². The summed E-state index contributed by atoms with van der Waals surface area (Å²) in [5.74, 6) is 1.21. The maximum absolute atomic E-state index is 11.7. The minimum Gasteiger partial charge on any atom is -0.352 e. The highest BCUT2D eigenvalue weighted by Crippen LogP contribution is 2.20. The predicted molar refractivity (Wildman–Crippen MR) is 71.7 cm³/mol. The Morgan fingerprint density at radius 3 is 2.83 bits per heavy atom. The molecule has 1 atom stereocenters. The Morgan fingerprint density at radius 1 is 1.50 bits per heavy atom. The number of aromatic nitrogens is 2. The largest absolute Gasteiger partial charge is 0.352 e. The first-order valence-electron chi connectivity index (χ1n) is 6.58. The predicted octanol–water partition coefficient (Wildman–Crippen LogP) is 1.43. The van der Waals surface area contributed by atoms with Crippen LogP contribution in [-0.4, -0.2) is 22.6 Å². The minimum atomic E-state index is 0.0962. The first kappa shape index (κ1) is 14.7. The summed E-state index contributed by atoms with van der Waals surface area (Å²) in [5, 5.41) is 9.44. The number of amides is 1. The maximum Gasteiger partial charge on any atom is 0.220 e. The molecular weight excluding hydrogens is 228 g/mol. The molecule has 0 saturated heterocycles. The van der Waals surface area contributed by atoms with Crippen LogP contribution in [0.5, 0.6) is 0 Å². The molecule has 0 aliphatic carbocycles. The van der Waals surface area contributed by atoms with Crippen molar-refractivity contribution in [2.24, 2.45) is 17.6 Å². The van der Waals surface area contributed by atoms with E-state index in [9.17, 15) is 4.79 Å². The van der Waals surface area contributed by atoms with Gasteiger partial charge in [-0.3, -0.25) is 9.89 Å². The van der Waals surface area contributed by atoms with E-state index in [-0.39, 0.29) is 5.91 Å². The van der Waals surface area contributed by atoms with E-state index in [0.717, 1.165) is 18.4 Å². The van der Waals surface area contributed by atoms with Crippen LogP contribution in [0, 0.1) is 11.8 Å². The lowest BCUT2D eigenvalue weighted by atomic mass is 9.88. The van der Waals surface area contributed by atoms with Crippen molar-refractivity contribution in [1.29, 1.82) is 0 Å². The number of H-pyrrole nitrogens is 1. The number of carbonyl (C=O) groups is 1. The maximum atomic E-state index is 11.7. The van der Waals surface area contributed by atoms with E-state index in [0.29, 0.717) is 31.3 Å². The average molecular weight is 252 g/mol. The molecule has 1 aromatic rings. The first-order chi connectivity index (χ1) is 8.63. The van der Waals surface area contributed by atoms with E-state index < -0.39 is 0 Å². The van der Waals surface area contributed by atoms with E-state index in [1.54, 1.807) is 12.4 Å². The number of nitrogens with two attached hydrogens (primary N) is 1. The van der Waals surface area contributed by atoms with Gasteiger partial charge in [0.2, 0.25) is 5.91 Å². The lowest BCUT2D eigenvalue weighted by Gasteiger charge is -2.19. The zero-order valence-electron chi connectivity index (χ0n) is 11.3. The topological polar surface area (TPSA) is 83.8 Å². The van der Waals surface area contributed by atoms with Gasteiger partial charge in [0.1, 0.15) is 0 Å². The van der Waals surface area contributed by atoms with E-state index >= 15 is 0 Å². The van der Waals surface area contributed by atoms with Gasteiger partial charge in [-0.1, -0.05) is 13.8 Å². The Kier molecular flexibility index (Phi) is 6.43. The highest BCUT2D eigenvalue weighted by molar-refractivity contribution is 5.75. The summed E-state index contributed by atoms with van der Waals surface area (Å²) in [6.07, 6.45) is 5.97. The van der Waals surface area contributed by atoms with Crippen LogP contribution in [0.1, 0.15) is 38.7 Å². The van der Waals surface area contributed by atoms with Gasteiger partial charge in [-0.05, 0) is 31.2 Å². The summed E-state index contributed by atoms with van der Waals surface area (Å²) in [6, 6.07) is 0. The van der Waals surface area contributed by atoms with Crippen molar-refractivity contribution in [3.63, 3.8) is 0 Å². The Bertz CT molecular complexity index is 335. The molecule has 0 aliphatic heterocycles. The number of hydrogen-bond donors (Lipinski definition) is 3. The molecule has 0 radical (unpaired) electrons. The third-order valence-corrected chi connectivity index (χ3v) is 3.27. The fourth-order valence-corrected chi connectivity index (χ4v) is 2.00. The SMILES string of the molecule is CC(C)C(CCN)CCC(=O)NCc1cn[nH]c1. The fourth-order valence-electron chi connectivity index (χ4n) is 2.00. The van der Waals surface area contributed by atoms with Crippen molar-refractivity contribution in [3.8, 4) is 0 Å². The Hall–Kier alpha value is -1.36.